The van der Waals surface area contributed by atoms with Crippen molar-refractivity contribution in [1.82, 2.24) is 20.0 Å². The van der Waals surface area contributed by atoms with Gasteiger partial charge in [-0.2, -0.15) is 5.10 Å². The molecule has 0 bridgehead atoms. The average Bonchev–Trinajstić information content (AvgIpc) is 3.26. The van der Waals surface area contributed by atoms with Crippen LogP contribution in [0.1, 0.15) is 41.6 Å². The number of piperidine rings is 1. The topological polar surface area (TPSA) is 67.2 Å². The van der Waals surface area contributed by atoms with Gasteiger partial charge in [0.15, 0.2) is 0 Å². The van der Waals surface area contributed by atoms with Gasteiger partial charge >= 0.3 is 0 Å². The number of aromatic nitrogens is 2. The van der Waals surface area contributed by atoms with Crippen molar-refractivity contribution in [2.75, 3.05) is 13.1 Å². The lowest BCUT2D eigenvalue weighted by molar-refractivity contribution is -0.133. The summed E-state index contributed by atoms with van der Waals surface area (Å²) in [7, 11) is 0. The van der Waals surface area contributed by atoms with E-state index in [4.69, 9.17) is 0 Å². The number of carbonyl (C=O) groups excluding carboxylic acids is 2. The lowest BCUT2D eigenvalue weighted by atomic mass is 9.86. The number of benzene rings is 1. The fourth-order valence-corrected chi connectivity index (χ4v) is 4.02. The van der Waals surface area contributed by atoms with Gasteiger partial charge < -0.3 is 10.2 Å². The summed E-state index contributed by atoms with van der Waals surface area (Å²) in [6, 6.07) is 10.0. The van der Waals surface area contributed by atoms with Crippen molar-refractivity contribution in [1.29, 1.82) is 0 Å². The normalized spacial score (nSPS) is 23.0. The van der Waals surface area contributed by atoms with Crippen LogP contribution >= 0.6 is 0 Å². The minimum Gasteiger partial charge on any atom is -0.354 e. The Balaban J connectivity index is 1.54. The smallest absolute Gasteiger partial charge is 0.257 e. The van der Waals surface area contributed by atoms with E-state index in [1.54, 1.807) is 22.0 Å². The molecule has 6 heteroatoms. The summed E-state index contributed by atoms with van der Waals surface area (Å²) < 4.78 is 1.77. The SMILES string of the molecule is O=C(c1cnn(Cc2ccccc2)c1)N1CCCC12CCCNC2=O. The summed E-state index contributed by atoms with van der Waals surface area (Å²) in [6.07, 6.45) is 6.69. The Labute approximate surface area is 146 Å². The van der Waals surface area contributed by atoms with Gasteiger partial charge in [0.05, 0.1) is 18.3 Å². The van der Waals surface area contributed by atoms with E-state index in [-0.39, 0.29) is 11.8 Å². The number of nitrogens with zero attached hydrogens (tertiary/aromatic N) is 3. The van der Waals surface area contributed by atoms with E-state index in [9.17, 15) is 9.59 Å². The van der Waals surface area contributed by atoms with Gasteiger partial charge in [0.1, 0.15) is 5.54 Å². The summed E-state index contributed by atoms with van der Waals surface area (Å²) in [5.41, 5.74) is 1.03. The van der Waals surface area contributed by atoms with Crippen molar-refractivity contribution in [3.63, 3.8) is 0 Å². The van der Waals surface area contributed by atoms with Gasteiger partial charge in [-0.15, -0.1) is 0 Å². The standard InChI is InChI=1S/C19H22N4O2/c24-17(23-11-5-9-19(23)8-4-10-20-18(19)25)16-12-21-22(14-16)13-15-6-2-1-3-7-15/h1-3,6-7,12,14H,4-5,8-11,13H2,(H,20,25). The second kappa shape index (κ2) is 6.35. The van der Waals surface area contributed by atoms with Gasteiger partial charge in [0.2, 0.25) is 5.91 Å². The molecule has 1 aromatic carbocycles. The first-order valence-corrected chi connectivity index (χ1v) is 8.86. The molecule has 0 radical (unpaired) electrons. The molecule has 2 fully saturated rings. The Morgan fingerprint density at radius 3 is 2.80 bits per heavy atom. The fourth-order valence-electron chi connectivity index (χ4n) is 4.02. The van der Waals surface area contributed by atoms with Crippen LogP contribution in [0, 0.1) is 0 Å². The van der Waals surface area contributed by atoms with Crippen molar-refractivity contribution in [2.45, 2.75) is 37.8 Å². The molecule has 0 saturated carbocycles. The maximum absolute atomic E-state index is 13.0. The van der Waals surface area contributed by atoms with Gasteiger partial charge in [-0.1, -0.05) is 30.3 Å². The van der Waals surface area contributed by atoms with Crippen LogP contribution in [0.5, 0.6) is 0 Å². The molecule has 2 aliphatic rings. The number of hydrogen-bond donors (Lipinski definition) is 1. The molecule has 0 aliphatic carbocycles. The van der Waals surface area contributed by atoms with Gasteiger partial charge in [-0.05, 0) is 31.2 Å². The second-order valence-corrected chi connectivity index (χ2v) is 6.86. The van der Waals surface area contributed by atoms with Crippen molar-refractivity contribution >= 4 is 11.8 Å². The second-order valence-electron chi connectivity index (χ2n) is 6.86. The molecule has 1 spiro atoms. The number of hydrogen-bond acceptors (Lipinski definition) is 3. The highest BCUT2D eigenvalue weighted by Gasteiger charge is 2.50. The summed E-state index contributed by atoms with van der Waals surface area (Å²) in [5.74, 6) is -0.0878. The van der Waals surface area contributed by atoms with E-state index >= 15 is 0 Å². The highest BCUT2D eigenvalue weighted by Crippen LogP contribution is 2.36. The van der Waals surface area contributed by atoms with Crippen LogP contribution in [0.4, 0.5) is 0 Å². The number of rotatable bonds is 3. The predicted octanol–water partition coefficient (Wildman–Crippen LogP) is 1.82. The van der Waals surface area contributed by atoms with Crippen molar-refractivity contribution in [2.24, 2.45) is 0 Å². The predicted molar refractivity (Wildman–Crippen MR) is 93.0 cm³/mol. The minimum absolute atomic E-state index is 0.00118. The van der Waals surface area contributed by atoms with Gasteiger partial charge in [-0.3, -0.25) is 14.3 Å². The summed E-state index contributed by atoms with van der Waals surface area (Å²) in [5, 5.41) is 7.26. The quantitative estimate of drug-likeness (QED) is 0.928. The monoisotopic (exact) mass is 338 g/mol. The van der Waals surface area contributed by atoms with Crippen molar-refractivity contribution in [3.8, 4) is 0 Å². The number of likely N-dealkylation sites (tertiary alicyclic amines) is 1. The zero-order valence-corrected chi connectivity index (χ0v) is 14.1. The van der Waals surface area contributed by atoms with Crippen molar-refractivity contribution < 1.29 is 9.59 Å². The van der Waals surface area contributed by atoms with Gasteiger partial charge in [0.25, 0.3) is 5.91 Å². The van der Waals surface area contributed by atoms with Gasteiger partial charge in [0, 0.05) is 19.3 Å². The van der Waals surface area contributed by atoms with E-state index in [2.05, 4.69) is 10.4 Å². The molecule has 2 amide bonds. The molecule has 130 valence electrons. The number of nitrogens with one attached hydrogen (secondary N) is 1. The largest absolute Gasteiger partial charge is 0.354 e. The molecule has 4 rings (SSSR count). The molecule has 2 aliphatic heterocycles. The van der Waals surface area contributed by atoms with E-state index in [0.29, 0.717) is 25.2 Å². The zero-order valence-electron chi connectivity index (χ0n) is 14.1. The highest BCUT2D eigenvalue weighted by atomic mass is 16.2. The third-order valence-corrected chi connectivity index (χ3v) is 5.28. The molecule has 25 heavy (non-hydrogen) atoms. The fraction of sp³-hybridized carbons (Fsp3) is 0.421. The van der Waals surface area contributed by atoms with Gasteiger partial charge in [-0.25, -0.2) is 0 Å². The Morgan fingerprint density at radius 2 is 2.00 bits per heavy atom. The number of amides is 2. The Hall–Kier alpha value is -2.63. The molecule has 2 aromatic rings. The minimum atomic E-state index is -0.656. The maximum atomic E-state index is 13.0. The highest BCUT2D eigenvalue weighted by molar-refractivity contribution is 5.99. The van der Waals surface area contributed by atoms with Crippen LogP contribution in [0.2, 0.25) is 0 Å². The first-order valence-electron chi connectivity index (χ1n) is 8.86. The van der Waals surface area contributed by atoms with E-state index in [1.807, 2.05) is 30.3 Å². The molecule has 1 unspecified atom stereocenters. The van der Waals surface area contributed by atoms with Crippen LogP contribution in [0.15, 0.2) is 42.7 Å². The van der Waals surface area contributed by atoms with Crippen LogP contribution in [0.25, 0.3) is 0 Å². The van der Waals surface area contributed by atoms with Crippen LogP contribution in [-0.4, -0.2) is 45.1 Å². The maximum Gasteiger partial charge on any atom is 0.257 e. The van der Waals surface area contributed by atoms with E-state index < -0.39 is 5.54 Å². The Bertz CT molecular complexity index is 786. The molecule has 3 heterocycles. The lowest BCUT2D eigenvalue weighted by Crippen LogP contribution is -2.60. The Morgan fingerprint density at radius 1 is 1.20 bits per heavy atom. The lowest BCUT2D eigenvalue weighted by Gasteiger charge is -2.39. The van der Waals surface area contributed by atoms with Crippen LogP contribution < -0.4 is 5.32 Å². The molecule has 1 aromatic heterocycles. The van der Waals surface area contributed by atoms with E-state index in [1.165, 1.54) is 0 Å². The van der Waals surface area contributed by atoms with Crippen LogP contribution in [-0.2, 0) is 11.3 Å². The molecule has 1 N–H and O–H groups in total. The first kappa shape index (κ1) is 15.9. The Kier molecular flexibility index (Phi) is 4.03. The summed E-state index contributed by atoms with van der Waals surface area (Å²) >= 11 is 0. The molecular weight excluding hydrogens is 316 g/mol. The molecule has 6 nitrogen and oxygen atoms in total. The first-order chi connectivity index (χ1) is 12.2. The van der Waals surface area contributed by atoms with Crippen molar-refractivity contribution in [3.05, 3.63) is 53.9 Å². The molecule has 1 atom stereocenters. The van der Waals surface area contributed by atoms with E-state index in [0.717, 1.165) is 31.2 Å². The zero-order chi connectivity index (χ0) is 17.3. The molecular formula is C19H22N4O2. The number of carbonyl (C=O) groups is 2. The average molecular weight is 338 g/mol. The third-order valence-electron chi connectivity index (χ3n) is 5.28. The summed E-state index contributed by atoms with van der Waals surface area (Å²) in [6.45, 7) is 1.97. The van der Waals surface area contributed by atoms with Crippen LogP contribution in [0.3, 0.4) is 0 Å². The summed E-state index contributed by atoms with van der Waals surface area (Å²) in [4.78, 5) is 27.3. The third kappa shape index (κ3) is 2.81. The molecule has 2 saturated heterocycles.